The van der Waals surface area contributed by atoms with Crippen molar-refractivity contribution in [1.82, 2.24) is 9.97 Å². The summed E-state index contributed by atoms with van der Waals surface area (Å²) >= 11 is 6.39. The van der Waals surface area contributed by atoms with Gasteiger partial charge >= 0.3 is 0 Å². The average Bonchev–Trinajstić information content (AvgIpc) is 2.99. The minimum Gasteiger partial charge on any atom is -0.359 e. The number of pyridine rings is 1. The van der Waals surface area contributed by atoms with Gasteiger partial charge in [0.15, 0.2) is 11.6 Å². The van der Waals surface area contributed by atoms with Crippen molar-refractivity contribution in [2.24, 2.45) is 5.41 Å². The second-order valence-electron chi connectivity index (χ2n) is 8.21. The van der Waals surface area contributed by atoms with E-state index in [0.29, 0.717) is 51.8 Å². The monoisotopic (exact) mass is 436 g/mol. The zero-order valence-electron chi connectivity index (χ0n) is 15.7. The lowest BCUT2D eigenvalue weighted by Crippen LogP contribution is -2.66. The maximum Gasteiger partial charge on any atom is 0.249 e. The predicted octanol–water partition coefficient (Wildman–Crippen LogP) is 5.81. The molecule has 0 radical (unpaired) electrons. The predicted molar refractivity (Wildman–Crippen MR) is 109 cm³/mol. The highest BCUT2D eigenvalue weighted by atomic mass is 35.5. The fraction of sp³-hybridized carbons (Fsp3) is 0.286. The van der Waals surface area contributed by atoms with Gasteiger partial charge in [0.1, 0.15) is 5.82 Å². The summed E-state index contributed by atoms with van der Waals surface area (Å²) in [6.07, 6.45) is 3.02. The minimum atomic E-state index is -2.55. The van der Waals surface area contributed by atoms with E-state index in [-0.39, 0.29) is 18.3 Å². The van der Waals surface area contributed by atoms with Crippen molar-refractivity contribution in [1.29, 1.82) is 0 Å². The van der Waals surface area contributed by atoms with Gasteiger partial charge in [-0.15, -0.1) is 0 Å². The number of aromatic amines is 1. The Labute approximate surface area is 174 Å². The Morgan fingerprint density at radius 1 is 1.17 bits per heavy atom. The third-order valence-electron chi connectivity index (χ3n) is 5.80. The van der Waals surface area contributed by atoms with Gasteiger partial charge in [-0.05, 0) is 12.1 Å². The maximum atomic E-state index is 13.6. The standard InChI is InChI=1S/C21H17ClF4N4/c1-11(29-18-6-27-17-4-16(24)15(23)3-13(17)18)12-2-14(22)19(28-5-12)30-9-20(10-30)7-21(25,26)8-20/h2-6,27,29H,1,7-10H2. The summed E-state index contributed by atoms with van der Waals surface area (Å²) in [4.78, 5) is 9.16. The van der Waals surface area contributed by atoms with Crippen LogP contribution in [0.15, 0.2) is 37.2 Å². The molecule has 1 aromatic carbocycles. The van der Waals surface area contributed by atoms with Crippen molar-refractivity contribution in [3.8, 4) is 0 Å². The van der Waals surface area contributed by atoms with E-state index in [1.54, 1.807) is 18.5 Å². The van der Waals surface area contributed by atoms with Crippen molar-refractivity contribution in [3.63, 3.8) is 0 Å². The number of hydrogen-bond donors (Lipinski definition) is 2. The second kappa shape index (κ2) is 6.38. The molecular weight excluding hydrogens is 420 g/mol. The normalized spacial score (nSPS) is 18.9. The SMILES string of the molecule is C=C(Nc1c[nH]c2cc(F)c(F)cc12)c1cnc(N2CC3(C2)CC(F)(F)C3)c(Cl)c1. The first-order valence-electron chi connectivity index (χ1n) is 9.36. The molecule has 30 heavy (non-hydrogen) atoms. The lowest BCUT2D eigenvalue weighted by atomic mass is 9.61. The summed E-state index contributed by atoms with van der Waals surface area (Å²) in [6.45, 7) is 5.01. The summed E-state index contributed by atoms with van der Waals surface area (Å²) in [5.41, 5.74) is 1.75. The first-order chi connectivity index (χ1) is 14.1. The van der Waals surface area contributed by atoms with Crippen LogP contribution in [0.25, 0.3) is 16.6 Å². The van der Waals surface area contributed by atoms with Gasteiger partial charge in [0.05, 0.1) is 16.2 Å². The number of nitrogens with one attached hydrogen (secondary N) is 2. The van der Waals surface area contributed by atoms with Gasteiger partial charge in [-0.2, -0.15) is 0 Å². The third kappa shape index (κ3) is 3.10. The van der Waals surface area contributed by atoms with Crippen LogP contribution in [-0.4, -0.2) is 29.0 Å². The van der Waals surface area contributed by atoms with Crippen molar-refractivity contribution in [2.75, 3.05) is 23.3 Å². The summed E-state index contributed by atoms with van der Waals surface area (Å²) in [6, 6.07) is 3.88. The van der Waals surface area contributed by atoms with E-state index < -0.39 is 17.6 Å². The van der Waals surface area contributed by atoms with Gasteiger partial charge in [0, 0.05) is 66.5 Å². The molecule has 1 saturated carbocycles. The number of nitrogens with zero attached hydrogens (tertiary/aromatic N) is 2. The van der Waals surface area contributed by atoms with Gasteiger partial charge < -0.3 is 15.2 Å². The number of aromatic nitrogens is 2. The molecule has 2 fully saturated rings. The Morgan fingerprint density at radius 3 is 2.53 bits per heavy atom. The van der Waals surface area contributed by atoms with Crippen LogP contribution < -0.4 is 10.2 Å². The molecule has 5 rings (SSSR count). The van der Waals surface area contributed by atoms with Gasteiger partial charge in [-0.25, -0.2) is 22.5 Å². The van der Waals surface area contributed by atoms with Gasteiger partial charge in [-0.1, -0.05) is 18.2 Å². The average molecular weight is 437 g/mol. The molecule has 1 saturated heterocycles. The highest BCUT2D eigenvalue weighted by molar-refractivity contribution is 6.33. The molecule has 4 nitrogen and oxygen atoms in total. The van der Waals surface area contributed by atoms with E-state index in [1.165, 1.54) is 0 Å². The van der Waals surface area contributed by atoms with E-state index in [2.05, 4.69) is 21.9 Å². The molecule has 1 spiro atoms. The van der Waals surface area contributed by atoms with E-state index in [1.807, 2.05) is 4.90 Å². The van der Waals surface area contributed by atoms with Crippen molar-refractivity contribution >= 4 is 39.7 Å². The molecule has 0 amide bonds. The fourth-order valence-electron chi connectivity index (χ4n) is 4.47. The molecule has 2 aliphatic rings. The minimum absolute atomic E-state index is 0.0813. The highest BCUT2D eigenvalue weighted by Gasteiger charge is 2.62. The van der Waals surface area contributed by atoms with Gasteiger partial charge in [0.25, 0.3) is 0 Å². The maximum absolute atomic E-state index is 13.6. The van der Waals surface area contributed by atoms with Crippen LogP contribution in [0.3, 0.4) is 0 Å². The number of hydrogen-bond acceptors (Lipinski definition) is 3. The molecule has 2 N–H and O–H groups in total. The number of rotatable bonds is 4. The molecule has 1 aliphatic carbocycles. The topological polar surface area (TPSA) is 44.0 Å². The van der Waals surface area contributed by atoms with Crippen LogP contribution in [0.1, 0.15) is 18.4 Å². The summed E-state index contributed by atoms with van der Waals surface area (Å²) < 4.78 is 53.3. The molecule has 0 atom stereocenters. The first kappa shape index (κ1) is 19.2. The van der Waals surface area contributed by atoms with Crippen molar-refractivity contribution in [2.45, 2.75) is 18.8 Å². The molecule has 0 bridgehead atoms. The largest absolute Gasteiger partial charge is 0.359 e. The molecule has 1 aliphatic heterocycles. The second-order valence-corrected chi connectivity index (χ2v) is 8.62. The third-order valence-corrected chi connectivity index (χ3v) is 6.08. The Hall–Kier alpha value is -2.74. The Bertz CT molecular complexity index is 1170. The fourth-order valence-corrected chi connectivity index (χ4v) is 4.75. The quantitative estimate of drug-likeness (QED) is 0.507. The number of H-pyrrole nitrogens is 1. The molecule has 9 heteroatoms. The van der Waals surface area contributed by atoms with E-state index in [0.717, 1.165) is 12.1 Å². The van der Waals surface area contributed by atoms with E-state index >= 15 is 0 Å². The molecule has 3 heterocycles. The highest BCUT2D eigenvalue weighted by Crippen LogP contribution is 2.57. The summed E-state index contributed by atoms with van der Waals surface area (Å²) in [5.74, 6) is -3.87. The molecule has 0 unspecified atom stereocenters. The zero-order chi connectivity index (χ0) is 21.3. The Kier molecular flexibility index (Phi) is 4.09. The van der Waals surface area contributed by atoms with Crippen LogP contribution in [0.4, 0.5) is 29.1 Å². The lowest BCUT2D eigenvalue weighted by Gasteiger charge is -2.59. The van der Waals surface area contributed by atoms with E-state index in [9.17, 15) is 17.6 Å². The smallest absolute Gasteiger partial charge is 0.249 e. The molecule has 2 aromatic heterocycles. The van der Waals surface area contributed by atoms with Gasteiger partial charge in [-0.3, -0.25) is 0 Å². The Balaban J connectivity index is 1.30. The van der Waals surface area contributed by atoms with Crippen LogP contribution in [0.2, 0.25) is 5.02 Å². The molecular formula is C21H17ClF4N4. The Morgan fingerprint density at radius 2 is 1.87 bits per heavy atom. The number of halogens is 5. The summed E-state index contributed by atoms with van der Waals surface area (Å²) in [7, 11) is 0. The summed E-state index contributed by atoms with van der Waals surface area (Å²) in [5, 5.41) is 3.93. The zero-order valence-corrected chi connectivity index (χ0v) is 16.5. The van der Waals surface area contributed by atoms with Crippen LogP contribution >= 0.6 is 11.6 Å². The van der Waals surface area contributed by atoms with Gasteiger partial charge in [0.2, 0.25) is 5.92 Å². The van der Waals surface area contributed by atoms with Crippen LogP contribution in [0, 0.1) is 17.0 Å². The number of fused-ring (bicyclic) bond motifs is 1. The van der Waals surface area contributed by atoms with E-state index in [4.69, 9.17) is 11.6 Å². The van der Waals surface area contributed by atoms with Crippen molar-refractivity contribution in [3.05, 3.63) is 59.4 Å². The number of benzene rings is 1. The molecule has 3 aromatic rings. The first-order valence-corrected chi connectivity index (χ1v) is 9.73. The lowest BCUT2D eigenvalue weighted by molar-refractivity contribution is -0.170. The van der Waals surface area contributed by atoms with Crippen molar-refractivity contribution < 1.29 is 17.6 Å². The number of anilines is 2. The number of alkyl halides is 2. The van der Waals surface area contributed by atoms with Crippen LogP contribution in [-0.2, 0) is 0 Å². The van der Waals surface area contributed by atoms with Crippen LogP contribution in [0.5, 0.6) is 0 Å². The molecule has 156 valence electrons.